The Kier molecular flexibility index (Phi) is 6.53. The van der Waals surface area contributed by atoms with Gasteiger partial charge in [0.1, 0.15) is 0 Å². The number of ether oxygens (including phenoxy) is 1. The molecule has 3 nitrogen and oxygen atoms in total. The van der Waals surface area contributed by atoms with Gasteiger partial charge in [-0.05, 0) is 54.6 Å². The van der Waals surface area contributed by atoms with Crippen molar-refractivity contribution in [3.05, 3.63) is 29.8 Å². The summed E-state index contributed by atoms with van der Waals surface area (Å²) in [4.78, 5) is 5.17. The van der Waals surface area contributed by atoms with E-state index in [4.69, 9.17) is 4.74 Å². The summed E-state index contributed by atoms with van der Waals surface area (Å²) in [5, 5.41) is 0. The van der Waals surface area contributed by atoms with Gasteiger partial charge in [0.15, 0.2) is 0 Å². The molecule has 0 N–H and O–H groups in total. The van der Waals surface area contributed by atoms with Crippen LogP contribution in [-0.4, -0.2) is 50.8 Å². The Morgan fingerprint density at radius 2 is 1.59 bits per heavy atom. The number of anilines is 1. The lowest BCUT2D eigenvalue weighted by molar-refractivity contribution is 0.0969. The Bertz CT molecular complexity index is 586. The molecular formula is C24H40N2O. The third-order valence-corrected chi connectivity index (χ3v) is 6.40. The zero-order valence-electron chi connectivity index (χ0n) is 18.3. The van der Waals surface area contributed by atoms with E-state index in [0.29, 0.717) is 16.7 Å². The van der Waals surface area contributed by atoms with E-state index < -0.39 is 0 Å². The van der Waals surface area contributed by atoms with Crippen molar-refractivity contribution in [3.8, 4) is 0 Å². The number of para-hydroxylation sites is 1. The molecule has 0 radical (unpaired) electrons. The van der Waals surface area contributed by atoms with Gasteiger partial charge in [-0.3, -0.25) is 4.90 Å². The van der Waals surface area contributed by atoms with Crippen LogP contribution in [0.5, 0.6) is 0 Å². The molecule has 1 saturated heterocycles. The second-order valence-corrected chi connectivity index (χ2v) is 10.2. The monoisotopic (exact) mass is 372 g/mol. The molecule has 2 aliphatic rings. The van der Waals surface area contributed by atoms with Gasteiger partial charge in [-0.1, -0.05) is 45.9 Å². The lowest BCUT2D eigenvalue weighted by atomic mass is 9.60. The molecule has 3 rings (SSSR count). The van der Waals surface area contributed by atoms with E-state index in [1.165, 1.54) is 24.9 Å². The second-order valence-electron chi connectivity index (χ2n) is 10.2. The van der Waals surface area contributed by atoms with Crippen molar-refractivity contribution in [2.24, 2.45) is 10.8 Å². The van der Waals surface area contributed by atoms with Crippen LogP contribution in [-0.2, 0) is 4.74 Å². The Morgan fingerprint density at radius 1 is 0.963 bits per heavy atom. The van der Waals surface area contributed by atoms with E-state index in [-0.39, 0.29) is 0 Å². The van der Waals surface area contributed by atoms with Crippen LogP contribution >= 0.6 is 0 Å². The SMILES string of the molecule is CCOCCN1CCN(c2ccccc2C2CC(C)(C)CC(C)(C)C2)CC1. The standard InChI is InChI=1S/C24H40N2O/c1-6-27-16-15-25-11-13-26(14-12-25)22-10-8-7-9-21(22)20-17-23(2,3)19-24(4,5)18-20/h7-10,20H,6,11-19H2,1-5H3. The van der Waals surface area contributed by atoms with Crippen molar-refractivity contribution in [3.63, 3.8) is 0 Å². The van der Waals surface area contributed by atoms with Crippen molar-refractivity contribution in [2.45, 2.75) is 59.8 Å². The van der Waals surface area contributed by atoms with Crippen LogP contribution in [0.4, 0.5) is 5.69 Å². The largest absolute Gasteiger partial charge is 0.380 e. The molecule has 152 valence electrons. The normalized spacial score (nSPS) is 23.5. The average Bonchev–Trinajstić information content (AvgIpc) is 2.60. The van der Waals surface area contributed by atoms with Crippen LogP contribution in [0.1, 0.15) is 65.4 Å². The second kappa shape index (κ2) is 8.53. The first-order valence-corrected chi connectivity index (χ1v) is 10.9. The third kappa shape index (κ3) is 5.48. The summed E-state index contributed by atoms with van der Waals surface area (Å²) in [6.45, 7) is 19.2. The third-order valence-electron chi connectivity index (χ3n) is 6.40. The quantitative estimate of drug-likeness (QED) is 0.641. The lowest BCUT2D eigenvalue weighted by Gasteiger charge is -2.46. The van der Waals surface area contributed by atoms with E-state index in [2.05, 4.69) is 68.7 Å². The predicted molar refractivity (Wildman–Crippen MR) is 116 cm³/mol. The maximum absolute atomic E-state index is 5.53. The van der Waals surface area contributed by atoms with Gasteiger partial charge in [0, 0.05) is 45.0 Å². The predicted octanol–water partition coefficient (Wildman–Crippen LogP) is 5.17. The van der Waals surface area contributed by atoms with Crippen molar-refractivity contribution >= 4 is 5.69 Å². The highest BCUT2D eigenvalue weighted by Crippen LogP contribution is 2.53. The van der Waals surface area contributed by atoms with E-state index in [0.717, 1.165) is 45.9 Å². The zero-order valence-corrected chi connectivity index (χ0v) is 18.3. The minimum absolute atomic E-state index is 0.428. The minimum atomic E-state index is 0.428. The van der Waals surface area contributed by atoms with Crippen molar-refractivity contribution < 1.29 is 4.74 Å². The van der Waals surface area contributed by atoms with Gasteiger partial charge in [-0.15, -0.1) is 0 Å². The van der Waals surface area contributed by atoms with Crippen LogP contribution < -0.4 is 4.90 Å². The molecular weight excluding hydrogens is 332 g/mol. The summed E-state index contributed by atoms with van der Waals surface area (Å²) < 4.78 is 5.53. The van der Waals surface area contributed by atoms with Gasteiger partial charge in [-0.2, -0.15) is 0 Å². The molecule has 0 spiro atoms. The molecule has 0 unspecified atom stereocenters. The molecule has 1 aliphatic heterocycles. The smallest absolute Gasteiger partial charge is 0.0593 e. The molecule has 0 atom stereocenters. The van der Waals surface area contributed by atoms with E-state index in [1.54, 1.807) is 5.56 Å². The Labute approximate surface area is 167 Å². The van der Waals surface area contributed by atoms with E-state index in [9.17, 15) is 0 Å². The number of nitrogens with zero attached hydrogens (tertiary/aromatic N) is 2. The number of hydrogen-bond acceptors (Lipinski definition) is 3. The van der Waals surface area contributed by atoms with Gasteiger partial charge in [0.2, 0.25) is 0 Å². The molecule has 3 heteroatoms. The molecule has 1 heterocycles. The van der Waals surface area contributed by atoms with Gasteiger partial charge in [0.05, 0.1) is 6.61 Å². The maximum atomic E-state index is 5.53. The molecule has 2 fully saturated rings. The number of piperazine rings is 1. The fourth-order valence-electron chi connectivity index (χ4n) is 5.74. The van der Waals surface area contributed by atoms with E-state index in [1.807, 2.05) is 0 Å². The summed E-state index contributed by atoms with van der Waals surface area (Å²) >= 11 is 0. The Balaban J connectivity index is 1.70. The first-order valence-electron chi connectivity index (χ1n) is 10.9. The highest BCUT2D eigenvalue weighted by Gasteiger charge is 2.39. The fourth-order valence-corrected chi connectivity index (χ4v) is 5.74. The molecule has 0 aromatic heterocycles. The van der Waals surface area contributed by atoms with Crippen molar-refractivity contribution in [1.29, 1.82) is 0 Å². The van der Waals surface area contributed by atoms with Crippen molar-refractivity contribution in [2.75, 3.05) is 50.8 Å². The molecule has 0 bridgehead atoms. The summed E-state index contributed by atoms with van der Waals surface area (Å²) in [5.41, 5.74) is 3.93. The topological polar surface area (TPSA) is 15.7 Å². The van der Waals surface area contributed by atoms with Crippen LogP contribution in [0.15, 0.2) is 24.3 Å². The average molecular weight is 373 g/mol. The molecule has 1 aromatic carbocycles. The zero-order chi connectivity index (χ0) is 19.5. The molecule has 1 aromatic rings. The van der Waals surface area contributed by atoms with Gasteiger partial charge in [-0.25, -0.2) is 0 Å². The van der Waals surface area contributed by atoms with Crippen LogP contribution in [0.25, 0.3) is 0 Å². The molecule has 27 heavy (non-hydrogen) atoms. The van der Waals surface area contributed by atoms with Gasteiger partial charge in [0.25, 0.3) is 0 Å². The highest BCUT2D eigenvalue weighted by molar-refractivity contribution is 5.56. The first kappa shape index (κ1) is 20.7. The number of hydrogen-bond donors (Lipinski definition) is 0. The Morgan fingerprint density at radius 3 is 2.22 bits per heavy atom. The number of benzene rings is 1. The summed E-state index contributed by atoms with van der Waals surface area (Å²) in [7, 11) is 0. The molecule has 0 amide bonds. The Hall–Kier alpha value is -1.06. The summed E-state index contributed by atoms with van der Waals surface area (Å²) in [6, 6.07) is 9.23. The highest BCUT2D eigenvalue weighted by atomic mass is 16.5. The van der Waals surface area contributed by atoms with Crippen molar-refractivity contribution in [1.82, 2.24) is 4.90 Å². The van der Waals surface area contributed by atoms with Crippen LogP contribution in [0, 0.1) is 10.8 Å². The first-order chi connectivity index (χ1) is 12.8. The van der Waals surface area contributed by atoms with Crippen LogP contribution in [0.3, 0.4) is 0 Å². The van der Waals surface area contributed by atoms with Gasteiger partial charge < -0.3 is 9.64 Å². The van der Waals surface area contributed by atoms with E-state index >= 15 is 0 Å². The summed E-state index contributed by atoms with van der Waals surface area (Å²) in [5.74, 6) is 0.677. The fraction of sp³-hybridized carbons (Fsp3) is 0.750. The number of rotatable bonds is 6. The van der Waals surface area contributed by atoms with Crippen LogP contribution in [0.2, 0.25) is 0 Å². The summed E-state index contributed by atoms with van der Waals surface area (Å²) in [6.07, 6.45) is 3.95. The minimum Gasteiger partial charge on any atom is -0.380 e. The lowest BCUT2D eigenvalue weighted by Crippen LogP contribution is -2.47. The molecule has 1 aliphatic carbocycles. The molecule has 1 saturated carbocycles. The van der Waals surface area contributed by atoms with Gasteiger partial charge >= 0.3 is 0 Å². The maximum Gasteiger partial charge on any atom is 0.0593 e.